The Bertz CT molecular complexity index is 418. The van der Waals surface area contributed by atoms with Gasteiger partial charge in [-0.1, -0.05) is 0 Å². The first-order valence-electron chi connectivity index (χ1n) is 6.72. The van der Waals surface area contributed by atoms with Gasteiger partial charge in [0.05, 0.1) is 20.3 Å². The largest absolute Gasteiger partial charge is 0.497 e. The molecule has 1 unspecified atom stereocenters. The van der Waals surface area contributed by atoms with Crippen LogP contribution in [0, 0.1) is 5.92 Å². The first kappa shape index (κ1) is 14.2. The minimum absolute atomic E-state index is 0.537. The lowest BCUT2D eigenvalue weighted by Crippen LogP contribution is -2.26. The summed E-state index contributed by atoms with van der Waals surface area (Å²) in [5, 5.41) is 10.3. The quantitative estimate of drug-likeness (QED) is 0.819. The van der Waals surface area contributed by atoms with Crippen molar-refractivity contribution in [1.82, 2.24) is 4.90 Å². The highest BCUT2D eigenvalue weighted by atomic mass is 16.5. The second kappa shape index (κ2) is 6.26. The number of rotatable bonds is 7. The lowest BCUT2D eigenvalue weighted by atomic mass is 10.1. The van der Waals surface area contributed by atoms with E-state index < -0.39 is 6.10 Å². The zero-order valence-corrected chi connectivity index (χ0v) is 11.9. The first-order chi connectivity index (χ1) is 9.13. The van der Waals surface area contributed by atoms with E-state index in [0.717, 1.165) is 23.8 Å². The van der Waals surface area contributed by atoms with Gasteiger partial charge in [-0.15, -0.1) is 0 Å². The summed E-state index contributed by atoms with van der Waals surface area (Å²) in [4.78, 5) is 2.19. The molecule has 0 aliphatic heterocycles. The highest BCUT2D eigenvalue weighted by molar-refractivity contribution is 5.42. The number of nitrogens with zero attached hydrogens (tertiary/aromatic N) is 1. The number of benzene rings is 1. The molecule has 0 amide bonds. The predicted octanol–water partition coefficient (Wildman–Crippen LogP) is 2.08. The van der Waals surface area contributed by atoms with Gasteiger partial charge >= 0.3 is 0 Å². The highest BCUT2D eigenvalue weighted by Gasteiger charge is 2.24. The molecule has 0 bridgehead atoms. The standard InChI is InChI=1S/C15H23NO3/c1-16(9-11-4-5-11)10-14(17)13-7-6-12(18-2)8-15(13)19-3/h6-8,11,14,17H,4-5,9-10H2,1-3H3. The van der Waals surface area contributed by atoms with Gasteiger partial charge in [-0.05, 0) is 37.9 Å². The molecule has 1 aliphatic carbocycles. The third-order valence-electron chi connectivity index (χ3n) is 3.55. The fourth-order valence-electron chi connectivity index (χ4n) is 2.30. The molecule has 0 aromatic heterocycles. The van der Waals surface area contributed by atoms with Crippen LogP contribution in [0.25, 0.3) is 0 Å². The van der Waals surface area contributed by atoms with Crippen molar-refractivity contribution in [1.29, 1.82) is 0 Å². The van der Waals surface area contributed by atoms with Crippen LogP contribution in [0.5, 0.6) is 11.5 Å². The Labute approximate surface area is 114 Å². The number of aliphatic hydroxyl groups is 1. The van der Waals surface area contributed by atoms with Gasteiger partial charge in [0.15, 0.2) is 0 Å². The van der Waals surface area contributed by atoms with E-state index in [1.54, 1.807) is 20.3 Å². The van der Waals surface area contributed by atoms with Crippen LogP contribution >= 0.6 is 0 Å². The Balaban J connectivity index is 2.02. The summed E-state index contributed by atoms with van der Waals surface area (Å²) in [5.74, 6) is 2.24. The summed E-state index contributed by atoms with van der Waals surface area (Å²) in [6.45, 7) is 1.69. The summed E-state index contributed by atoms with van der Waals surface area (Å²) in [6, 6.07) is 5.52. The molecule has 0 spiro atoms. The van der Waals surface area contributed by atoms with Crippen LogP contribution in [0.1, 0.15) is 24.5 Å². The summed E-state index contributed by atoms with van der Waals surface area (Å²) >= 11 is 0. The van der Waals surface area contributed by atoms with E-state index in [4.69, 9.17) is 9.47 Å². The molecule has 0 heterocycles. The van der Waals surface area contributed by atoms with Crippen LogP contribution in [-0.2, 0) is 0 Å². The summed E-state index contributed by atoms with van der Waals surface area (Å²) < 4.78 is 10.5. The molecule has 1 N–H and O–H groups in total. The average molecular weight is 265 g/mol. The zero-order chi connectivity index (χ0) is 13.8. The number of methoxy groups -OCH3 is 2. The van der Waals surface area contributed by atoms with E-state index in [0.29, 0.717) is 12.3 Å². The van der Waals surface area contributed by atoms with Crippen molar-refractivity contribution in [3.8, 4) is 11.5 Å². The zero-order valence-electron chi connectivity index (χ0n) is 11.9. The van der Waals surface area contributed by atoms with E-state index in [1.165, 1.54) is 12.8 Å². The number of ether oxygens (including phenoxy) is 2. The van der Waals surface area contributed by atoms with Crippen molar-refractivity contribution in [3.63, 3.8) is 0 Å². The molecule has 2 rings (SSSR count). The summed E-state index contributed by atoms with van der Waals surface area (Å²) in [5.41, 5.74) is 0.811. The molecule has 19 heavy (non-hydrogen) atoms. The van der Waals surface area contributed by atoms with E-state index in [-0.39, 0.29) is 0 Å². The smallest absolute Gasteiger partial charge is 0.128 e. The molecule has 0 saturated heterocycles. The molecular formula is C15H23NO3. The highest BCUT2D eigenvalue weighted by Crippen LogP contribution is 2.32. The van der Waals surface area contributed by atoms with E-state index in [1.807, 2.05) is 12.1 Å². The molecule has 106 valence electrons. The molecular weight excluding hydrogens is 242 g/mol. The van der Waals surface area contributed by atoms with Gasteiger partial charge in [-0.2, -0.15) is 0 Å². The van der Waals surface area contributed by atoms with Gasteiger partial charge in [0, 0.05) is 24.7 Å². The maximum Gasteiger partial charge on any atom is 0.128 e. The van der Waals surface area contributed by atoms with Crippen LogP contribution in [0.3, 0.4) is 0 Å². The van der Waals surface area contributed by atoms with Crippen molar-refractivity contribution in [3.05, 3.63) is 23.8 Å². The Kier molecular flexibility index (Phi) is 4.66. The Morgan fingerprint density at radius 1 is 1.32 bits per heavy atom. The molecule has 1 atom stereocenters. The van der Waals surface area contributed by atoms with Crippen LogP contribution in [0.4, 0.5) is 0 Å². The fraction of sp³-hybridized carbons (Fsp3) is 0.600. The number of likely N-dealkylation sites (N-methyl/N-ethyl adjacent to an activating group) is 1. The van der Waals surface area contributed by atoms with Gasteiger partial charge in [0.25, 0.3) is 0 Å². The van der Waals surface area contributed by atoms with Crippen molar-refractivity contribution in [2.24, 2.45) is 5.92 Å². The van der Waals surface area contributed by atoms with Crippen LogP contribution < -0.4 is 9.47 Å². The van der Waals surface area contributed by atoms with Gasteiger partial charge in [-0.3, -0.25) is 0 Å². The minimum Gasteiger partial charge on any atom is -0.497 e. The predicted molar refractivity (Wildman–Crippen MR) is 74.7 cm³/mol. The van der Waals surface area contributed by atoms with Crippen molar-refractivity contribution in [2.75, 3.05) is 34.4 Å². The van der Waals surface area contributed by atoms with Gasteiger partial charge in [-0.25, -0.2) is 0 Å². The van der Waals surface area contributed by atoms with Crippen molar-refractivity contribution in [2.45, 2.75) is 18.9 Å². The van der Waals surface area contributed by atoms with Crippen LogP contribution in [0.15, 0.2) is 18.2 Å². The topological polar surface area (TPSA) is 41.9 Å². The molecule has 0 radical (unpaired) electrons. The molecule has 1 fully saturated rings. The second-order valence-corrected chi connectivity index (χ2v) is 5.29. The lowest BCUT2D eigenvalue weighted by molar-refractivity contribution is 0.122. The maximum atomic E-state index is 10.3. The molecule has 1 saturated carbocycles. The SMILES string of the molecule is COc1ccc(C(O)CN(C)CC2CC2)c(OC)c1. The molecule has 1 aliphatic rings. The number of aliphatic hydroxyl groups excluding tert-OH is 1. The number of hydrogen-bond donors (Lipinski definition) is 1. The third-order valence-corrected chi connectivity index (χ3v) is 3.55. The van der Waals surface area contributed by atoms with E-state index in [9.17, 15) is 5.11 Å². The van der Waals surface area contributed by atoms with Gasteiger partial charge < -0.3 is 19.5 Å². The van der Waals surface area contributed by atoms with E-state index >= 15 is 0 Å². The summed E-state index contributed by atoms with van der Waals surface area (Å²) in [7, 11) is 5.28. The first-order valence-corrected chi connectivity index (χ1v) is 6.72. The second-order valence-electron chi connectivity index (χ2n) is 5.29. The van der Waals surface area contributed by atoms with Gasteiger partial charge in [0.1, 0.15) is 11.5 Å². The molecule has 1 aromatic carbocycles. The average Bonchev–Trinajstić information content (AvgIpc) is 3.21. The molecule has 4 heteroatoms. The van der Waals surface area contributed by atoms with Crippen LogP contribution in [-0.4, -0.2) is 44.4 Å². The molecule has 4 nitrogen and oxygen atoms in total. The third kappa shape index (κ3) is 3.85. The normalized spacial score (nSPS) is 16.5. The van der Waals surface area contributed by atoms with Crippen molar-refractivity contribution >= 4 is 0 Å². The fourth-order valence-corrected chi connectivity index (χ4v) is 2.30. The summed E-state index contributed by atoms with van der Waals surface area (Å²) in [6.07, 6.45) is 2.11. The lowest BCUT2D eigenvalue weighted by Gasteiger charge is -2.22. The minimum atomic E-state index is -0.537. The van der Waals surface area contributed by atoms with Crippen molar-refractivity contribution < 1.29 is 14.6 Å². The number of hydrogen-bond acceptors (Lipinski definition) is 4. The van der Waals surface area contributed by atoms with E-state index in [2.05, 4.69) is 11.9 Å². The monoisotopic (exact) mass is 265 g/mol. The van der Waals surface area contributed by atoms with Crippen LogP contribution in [0.2, 0.25) is 0 Å². The molecule has 1 aromatic rings. The maximum absolute atomic E-state index is 10.3. The van der Waals surface area contributed by atoms with Gasteiger partial charge in [0.2, 0.25) is 0 Å². The Morgan fingerprint density at radius 2 is 2.05 bits per heavy atom. The Hall–Kier alpha value is -1.26. The Morgan fingerprint density at radius 3 is 2.63 bits per heavy atom.